The molecule has 2 aromatic rings. The first kappa shape index (κ1) is 25.9. The molecule has 1 aromatic carbocycles. The number of benzene rings is 1. The summed E-state index contributed by atoms with van der Waals surface area (Å²) in [4.78, 5) is 29.5. The molecule has 1 aliphatic heterocycles. The molecule has 2 amide bonds. The molecule has 1 aliphatic carbocycles. The molecule has 1 aromatic heterocycles. The maximum Gasteiger partial charge on any atom is 0.411 e. The van der Waals surface area contributed by atoms with Crippen molar-refractivity contribution in [1.82, 2.24) is 10.3 Å². The summed E-state index contributed by atoms with van der Waals surface area (Å²) in [5.41, 5.74) is 9.64. The Bertz CT molecular complexity index is 1050. The number of nitrogens with zero attached hydrogens (tertiary/aromatic N) is 1. The number of fused-ring (bicyclic) bond motifs is 4. The maximum absolute atomic E-state index is 13.2. The highest BCUT2D eigenvalue weighted by atomic mass is 16.5. The van der Waals surface area contributed by atoms with Crippen molar-refractivity contribution in [3.05, 3.63) is 42.2 Å². The van der Waals surface area contributed by atoms with E-state index in [4.69, 9.17) is 10.5 Å². The number of ether oxygens (including phenoxy) is 1. The second-order valence-corrected chi connectivity index (χ2v) is 9.81. The van der Waals surface area contributed by atoms with Gasteiger partial charge < -0.3 is 26.2 Å². The SMILES string of the molecule is COC(=O)Nc1ccc2c(c1)NC(O)CCCC[C@H](NC(=O)[C@H]1CC[C@H](CN)CC1)c1cc-2ccn1. The fourth-order valence-electron chi connectivity index (χ4n) is 5.15. The van der Waals surface area contributed by atoms with Crippen LogP contribution in [0.4, 0.5) is 16.2 Å². The molecule has 0 spiro atoms. The highest BCUT2D eigenvalue weighted by Crippen LogP contribution is 2.34. The summed E-state index contributed by atoms with van der Waals surface area (Å²) in [7, 11) is 1.31. The number of hydrogen-bond donors (Lipinski definition) is 5. The van der Waals surface area contributed by atoms with Gasteiger partial charge in [0, 0.05) is 29.1 Å². The normalized spacial score (nSPS) is 24.2. The molecule has 2 bridgehead atoms. The zero-order valence-corrected chi connectivity index (χ0v) is 20.8. The molecule has 194 valence electrons. The minimum absolute atomic E-state index is 0.0184. The molecular weight excluding hydrogens is 458 g/mol. The topological polar surface area (TPSA) is 139 Å². The van der Waals surface area contributed by atoms with E-state index in [1.54, 1.807) is 18.3 Å². The number of rotatable bonds is 4. The number of amides is 2. The molecule has 0 radical (unpaired) electrons. The van der Waals surface area contributed by atoms with Crippen LogP contribution in [-0.4, -0.2) is 42.0 Å². The van der Waals surface area contributed by atoms with Gasteiger partial charge in [0.2, 0.25) is 5.91 Å². The summed E-state index contributed by atoms with van der Waals surface area (Å²) in [5.74, 6) is 0.637. The van der Waals surface area contributed by atoms with Crippen molar-refractivity contribution in [1.29, 1.82) is 0 Å². The Balaban J connectivity index is 1.60. The van der Waals surface area contributed by atoms with Gasteiger partial charge in [0.1, 0.15) is 6.23 Å². The molecule has 2 aliphatic rings. The molecule has 9 nitrogen and oxygen atoms in total. The van der Waals surface area contributed by atoms with Gasteiger partial charge in [0.25, 0.3) is 0 Å². The predicted molar refractivity (Wildman–Crippen MR) is 139 cm³/mol. The first-order valence-electron chi connectivity index (χ1n) is 12.9. The van der Waals surface area contributed by atoms with Crippen molar-refractivity contribution in [2.45, 2.75) is 63.6 Å². The van der Waals surface area contributed by atoms with Crippen molar-refractivity contribution < 1.29 is 19.4 Å². The number of anilines is 2. The van der Waals surface area contributed by atoms with E-state index in [2.05, 4.69) is 20.9 Å². The van der Waals surface area contributed by atoms with Crippen molar-refractivity contribution in [2.24, 2.45) is 17.6 Å². The Morgan fingerprint density at radius 2 is 1.89 bits per heavy atom. The smallest absolute Gasteiger partial charge is 0.411 e. The lowest BCUT2D eigenvalue weighted by atomic mass is 9.81. The van der Waals surface area contributed by atoms with Crippen LogP contribution in [-0.2, 0) is 9.53 Å². The predicted octanol–water partition coefficient (Wildman–Crippen LogP) is 4.15. The van der Waals surface area contributed by atoms with Crippen LogP contribution in [0.15, 0.2) is 36.5 Å². The third-order valence-corrected chi connectivity index (χ3v) is 7.31. The van der Waals surface area contributed by atoms with E-state index in [0.29, 0.717) is 30.3 Å². The van der Waals surface area contributed by atoms with Crippen LogP contribution < -0.4 is 21.7 Å². The lowest BCUT2D eigenvalue weighted by molar-refractivity contribution is -0.127. The van der Waals surface area contributed by atoms with Gasteiger partial charge in [0.15, 0.2) is 0 Å². The standard InChI is InChI=1S/C27H37N5O4/c1-36-27(35)30-20-10-11-21-19-12-13-29-24(14-19)22(4-2-3-5-25(33)31-23(21)15-20)32-26(34)18-8-6-17(16-28)7-9-18/h10-15,17-18,22,25,31,33H,2-9,16,28H2,1H3,(H,30,35)(H,32,34)/t17-,18-,22-,25?/m0/s1. The summed E-state index contributed by atoms with van der Waals surface area (Å²) in [6.07, 6.45) is 7.13. The van der Waals surface area contributed by atoms with Crippen LogP contribution in [0.3, 0.4) is 0 Å². The summed E-state index contributed by atoms with van der Waals surface area (Å²) < 4.78 is 4.70. The van der Waals surface area contributed by atoms with Gasteiger partial charge in [0.05, 0.1) is 18.8 Å². The molecule has 1 unspecified atom stereocenters. The summed E-state index contributed by atoms with van der Waals surface area (Å²) in [6.45, 7) is 0.691. The van der Waals surface area contributed by atoms with Gasteiger partial charge >= 0.3 is 6.09 Å². The fraction of sp³-hybridized carbons (Fsp3) is 0.519. The number of nitrogens with two attached hydrogens (primary N) is 1. The summed E-state index contributed by atoms with van der Waals surface area (Å²) in [6, 6.07) is 9.15. The summed E-state index contributed by atoms with van der Waals surface area (Å²) >= 11 is 0. The van der Waals surface area contributed by atoms with E-state index in [1.165, 1.54) is 7.11 Å². The zero-order chi connectivity index (χ0) is 25.5. The van der Waals surface area contributed by atoms with Crippen molar-refractivity contribution in [2.75, 3.05) is 24.3 Å². The van der Waals surface area contributed by atoms with Crippen LogP contribution in [0.2, 0.25) is 0 Å². The number of pyridine rings is 1. The molecule has 4 rings (SSSR count). The molecule has 1 saturated carbocycles. The molecule has 0 saturated heterocycles. The van der Waals surface area contributed by atoms with E-state index < -0.39 is 12.3 Å². The average molecular weight is 496 g/mol. The molecule has 6 N–H and O–H groups in total. The van der Waals surface area contributed by atoms with Crippen LogP contribution in [0.1, 0.15) is 63.1 Å². The van der Waals surface area contributed by atoms with Gasteiger partial charge in [-0.3, -0.25) is 15.1 Å². The number of aromatic nitrogens is 1. The van der Waals surface area contributed by atoms with Crippen LogP contribution in [0.5, 0.6) is 0 Å². The Morgan fingerprint density at radius 3 is 2.64 bits per heavy atom. The number of nitrogens with one attached hydrogen (secondary N) is 3. The number of aliphatic hydroxyl groups is 1. The Morgan fingerprint density at radius 1 is 1.11 bits per heavy atom. The first-order chi connectivity index (χ1) is 17.5. The van der Waals surface area contributed by atoms with E-state index in [-0.39, 0.29) is 17.9 Å². The molecule has 9 heteroatoms. The number of carbonyl (C=O) groups is 2. The lowest BCUT2D eigenvalue weighted by Crippen LogP contribution is -2.37. The molecule has 2 atom stereocenters. The zero-order valence-electron chi connectivity index (χ0n) is 20.8. The Hall–Kier alpha value is -3.17. The summed E-state index contributed by atoms with van der Waals surface area (Å²) in [5, 5.41) is 19.8. The van der Waals surface area contributed by atoms with E-state index in [0.717, 1.165) is 61.8 Å². The van der Waals surface area contributed by atoms with Crippen LogP contribution in [0, 0.1) is 11.8 Å². The van der Waals surface area contributed by atoms with Gasteiger partial charge in [-0.05, 0) is 87.2 Å². The quantitative estimate of drug-likeness (QED) is 0.429. The number of methoxy groups -OCH3 is 1. The second-order valence-electron chi connectivity index (χ2n) is 9.81. The van der Waals surface area contributed by atoms with E-state index in [1.807, 2.05) is 18.2 Å². The average Bonchev–Trinajstić information content (AvgIpc) is 2.90. The largest absolute Gasteiger partial charge is 0.453 e. The number of aliphatic hydroxyl groups excluding tert-OH is 1. The minimum Gasteiger partial charge on any atom is -0.453 e. The monoisotopic (exact) mass is 495 g/mol. The Kier molecular flexibility index (Phi) is 8.77. The molecule has 2 heterocycles. The third kappa shape index (κ3) is 6.53. The van der Waals surface area contributed by atoms with Crippen LogP contribution >= 0.6 is 0 Å². The Labute approximate surface area is 212 Å². The van der Waals surface area contributed by atoms with Crippen LogP contribution in [0.25, 0.3) is 11.1 Å². The third-order valence-electron chi connectivity index (χ3n) is 7.31. The molecule has 1 fully saturated rings. The van der Waals surface area contributed by atoms with Gasteiger partial charge in [-0.25, -0.2) is 4.79 Å². The van der Waals surface area contributed by atoms with E-state index >= 15 is 0 Å². The molecule has 36 heavy (non-hydrogen) atoms. The van der Waals surface area contributed by atoms with Crippen molar-refractivity contribution in [3.8, 4) is 11.1 Å². The number of carbonyl (C=O) groups excluding carboxylic acids is 2. The fourth-order valence-corrected chi connectivity index (χ4v) is 5.15. The second kappa shape index (κ2) is 12.2. The molecular formula is C27H37N5O4. The van der Waals surface area contributed by atoms with Gasteiger partial charge in [-0.1, -0.05) is 12.5 Å². The van der Waals surface area contributed by atoms with Crippen molar-refractivity contribution in [3.63, 3.8) is 0 Å². The lowest BCUT2D eigenvalue weighted by Gasteiger charge is -2.29. The minimum atomic E-state index is -0.747. The van der Waals surface area contributed by atoms with Gasteiger partial charge in [-0.15, -0.1) is 0 Å². The van der Waals surface area contributed by atoms with Gasteiger partial charge in [-0.2, -0.15) is 0 Å². The first-order valence-corrected chi connectivity index (χ1v) is 12.9. The highest BCUT2D eigenvalue weighted by molar-refractivity contribution is 5.88. The number of hydrogen-bond acceptors (Lipinski definition) is 7. The highest BCUT2D eigenvalue weighted by Gasteiger charge is 2.28. The van der Waals surface area contributed by atoms with E-state index in [9.17, 15) is 14.7 Å². The maximum atomic E-state index is 13.2. The van der Waals surface area contributed by atoms with Crippen molar-refractivity contribution >= 4 is 23.4 Å².